The third kappa shape index (κ3) is 3.14. The van der Waals surface area contributed by atoms with Gasteiger partial charge < -0.3 is 9.47 Å². The molecule has 2 aromatic carbocycles. The first kappa shape index (κ1) is 16.4. The summed E-state index contributed by atoms with van der Waals surface area (Å²) in [6.45, 7) is 0. The lowest BCUT2D eigenvalue weighted by Gasteiger charge is -2.10. The lowest BCUT2D eigenvalue weighted by molar-refractivity contribution is 0.0589. The molecular formula is C19H16N2O4. The normalized spacial score (nSPS) is 10.3. The summed E-state index contributed by atoms with van der Waals surface area (Å²) in [7, 11) is 2.66. The first-order valence-corrected chi connectivity index (χ1v) is 7.55. The number of benzene rings is 2. The molecular weight excluding hydrogens is 320 g/mol. The Morgan fingerprint density at radius 1 is 0.880 bits per heavy atom. The van der Waals surface area contributed by atoms with E-state index in [9.17, 15) is 9.59 Å². The van der Waals surface area contributed by atoms with Crippen LogP contribution in [0.3, 0.4) is 0 Å². The number of esters is 2. The van der Waals surface area contributed by atoms with Crippen LogP contribution >= 0.6 is 0 Å². The van der Waals surface area contributed by atoms with E-state index >= 15 is 0 Å². The molecule has 0 aliphatic heterocycles. The van der Waals surface area contributed by atoms with Gasteiger partial charge in [0.1, 0.15) is 6.33 Å². The van der Waals surface area contributed by atoms with E-state index in [0.717, 1.165) is 11.3 Å². The second-order valence-corrected chi connectivity index (χ2v) is 5.21. The standard InChI is InChI=1S/C19H16N2O4/c1-24-18(22)14-8-10-15(11-9-14)21-12-20-16(19(23)25-2)17(21)13-6-4-3-5-7-13/h3-12H,1-2H3. The number of rotatable bonds is 4. The molecule has 0 N–H and O–H groups in total. The first-order chi connectivity index (χ1) is 12.2. The highest BCUT2D eigenvalue weighted by Gasteiger charge is 2.21. The molecule has 0 unspecified atom stereocenters. The summed E-state index contributed by atoms with van der Waals surface area (Å²) >= 11 is 0. The van der Waals surface area contributed by atoms with Gasteiger partial charge in [-0.05, 0) is 24.3 Å². The van der Waals surface area contributed by atoms with Crippen molar-refractivity contribution in [3.05, 3.63) is 72.2 Å². The minimum Gasteiger partial charge on any atom is -0.465 e. The second kappa shape index (κ2) is 7.00. The van der Waals surface area contributed by atoms with Gasteiger partial charge >= 0.3 is 11.9 Å². The fourth-order valence-corrected chi connectivity index (χ4v) is 2.54. The molecule has 25 heavy (non-hydrogen) atoms. The van der Waals surface area contributed by atoms with Crippen molar-refractivity contribution in [1.82, 2.24) is 9.55 Å². The quantitative estimate of drug-likeness (QED) is 0.685. The molecule has 0 aliphatic rings. The van der Waals surface area contributed by atoms with Crippen molar-refractivity contribution >= 4 is 11.9 Å². The predicted octanol–water partition coefficient (Wildman–Crippen LogP) is 3.11. The molecule has 1 heterocycles. The molecule has 3 aromatic rings. The Hall–Kier alpha value is -3.41. The summed E-state index contributed by atoms with van der Waals surface area (Å²) in [5, 5.41) is 0. The van der Waals surface area contributed by atoms with E-state index in [1.165, 1.54) is 14.2 Å². The number of hydrogen-bond acceptors (Lipinski definition) is 5. The van der Waals surface area contributed by atoms with Crippen molar-refractivity contribution in [2.45, 2.75) is 0 Å². The van der Waals surface area contributed by atoms with Gasteiger partial charge in [0.25, 0.3) is 0 Å². The summed E-state index contributed by atoms with van der Waals surface area (Å²) in [6, 6.07) is 16.3. The molecule has 0 saturated heterocycles. The molecule has 0 fully saturated rings. The van der Waals surface area contributed by atoms with Crippen LogP contribution in [-0.2, 0) is 9.47 Å². The summed E-state index contributed by atoms with van der Waals surface area (Å²) in [5.74, 6) is -0.917. The van der Waals surface area contributed by atoms with Crippen molar-refractivity contribution in [2.75, 3.05) is 14.2 Å². The van der Waals surface area contributed by atoms with E-state index in [2.05, 4.69) is 4.98 Å². The average molecular weight is 336 g/mol. The van der Waals surface area contributed by atoms with Crippen LogP contribution in [0.1, 0.15) is 20.8 Å². The number of aromatic nitrogens is 2. The summed E-state index contributed by atoms with van der Waals surface area (Å²) in [4.78, 5) is 27.9. The molecule has 0 bridgehead atoms. The van der Waals surface area contributed by atoms with Crippen LogP contribution < -0.4 is 0 Å². The Labute approximate surface area is 144 Å². The van der Waals surface area contributed by atoms with E-state index in [4.69, 9.17) is 9.47 Å². The third-order valence-electron chi connectivity index (χ3n) is 3.76. The largest absolute Gasteiger partial charge is 0.465 e. The minimum absolute atomic E-state index is 0.228. The maximum atomic E-state index is 12.1. The zero-order valence-electron chi connectivity index (χ0n) is 13.8. The van der Waals surface area contributed by atoms with Gasteiger partial charge in [-0.15, -0.1) is 0 Å². The van der Waals surface area contributed by atoms with Crippen molar-refractivity contribution in [3.63, 3.8) is 0 Å². The highest BCUT2D eigenvalue weighted by molar-refractivity contribution is 5.95. The van der Waals surface area contributed by atoms with Gasteiger partial charge in [0.15, 0.2) is 5.69 Å². The summed E-state index contributed by atoms with van der Waals surface area (Å²) in [6.07, 6.45) is 1.56. The molecule has 0 aliphatic carbocycles. The Bertz CT molecular complexity index is 899. The number of carbonyl (C=O) groups is 2. The van der Waals surface area contributed by atoms with Crippen LogP contribution in [-0.4, -0.2) is 35.7 Å². The Morgan fingerprint density at radius 2 is 1.52 bits per heavy atom. The van der Waals surface area contributed by atoms with Crippen LogP contribution in [0.25, 0.3) is 16.9 Å². The van der Waals surface area contributed by atoms with Crippen molar-refractivity contribution in [1.29, 1.82) is 0 Å². The number of imidazole rings is 1. The van der Waals surface area contributed by atoms with E-state index in [0.29, 0.717) is 11.3 Å². The lowest BCUT2D eigenvalue weighted by atomic mass is 10.1. The van der Waals surface area contributed by atoms with Gasteiger partial charge in [-0.3, -0.25) is 4.57 Å². The highest BCUT2D eigenvalue weighted by atomic mass is 16.5. The molecule has 0 amide bonds. The minimum atomic E-state index is -0.510. The SMILES string of the molecule is COC(=O)c1ccc(-n2cnc(C(=O)OC)c2-c2ccccc2)cc1. The van der Waals surface area contributed by atoms with Crippen LogP contribution in [0.5, 0.6) is 0 Å². The van der Waals surface area contributed by atoms with Gasteiger partial charge in [-0.2, -0.15) is 0 Å². The zero-order valence-corrected chi connectivity index (χ0v) is 13.8. The maximum Gasteiger partial charge on any atom is 0.358 e. The number of ether oxygens (including phenoxy) is 2. The third-order valence-corrected chi connectivity index (χ3v) is 3.76. The Kier molecular flexibility index (Phi) is 4.61. The van der Waals surface area contributed by atoms with Crippen molar-refractivity contribution in [2.24, 2.45) is 0 Å². The van der Waals surface area contributed by atoms with Crippen LogP contribution in [0.4, 0.5) is 0 Å². The molecule has 0 atom stereocenters. The Morgan fingerprint density at radius 3 is 2.12 bits per heavy atom. The van der Waals surface area contributed by atoms with Crippen molar-refractivity contribution in [3.8, 4) is 16.9 Å². The molecule has 126 valence electrons. The van der Waals surface area contributed by atoms with Crippen LogP contribution in [0.15, 0.2) is 60.9 Å². The molecule has 0 saturated carbocycles. The summed E-state index contributed by atoms with van der Waals surface area (Å²) < 4.78 is 11.3. The van der Waals surface area contributed by atoms with Gasteiger partial charge in [-0.1, -0.05) is 30.3 Å². The molecule has 0 spiro atoms. The number of methoxy groups -OCH3 is 2. The lowest BCUT2D eigenvalue weighted by Crippen LogP contribution is -2.06. The van der Waals surface area contributed by atoms with Gasteiger partial charge in [0, 0.05) is 11.3 Å². The number of nitrogens with zero attached hydrogens (tertiary/aromatic N) is 2. The van der Waals surface area contributed by atoms with Crippen LogP contribution in [0, 0.1) is 0 Å². The fourth-order valence-electron chi connectivity index (χ4n) is 2.54. The topological polar surface area (TPSA) is 70.4 Å². The maximum absolute atomic E-state index is 12.1. The average Bonchev–Trinajstić information content (AvgIpc) is 3.12. The number of carbonyl (C=O) groups excluding carboxylic acids is 2. The smallest absolute Gasteiger partial charge is 0.358 e. The molecule has 3 rings (SSSR count). The van der Waals surface area contributed by atoms with E-state index in [1.54, 1.807) is 35.2 Å². The van der Waals surface area contributed by atoms with E-state index < -0.39 is 11.9 Å². The van der Waals surface area contributed by atoms with Gasteiger partial charge in [0.2, 0.25) is 0 Å². The number of hydrogen-bond donors (Lipinski definition) is 0. The Balaban J connectivity index is 2.12. The van der Waals surface area contributed by atoms with Gasteiger partial charge in [0.05, 0.1) is 25.5 Å². The van der Waals surface area contributed by atoms with Crippen LogP contribution in [0.2, 0.25) is 0 Å². The van der Waals surface area contributed by atoms with E-state index in [-0.39, 0.29) is 5.69 Å². The van der Waals surface area contributed by atoms with E-state index in [1.807, 2.05) is 30.3 Å². The monoisotopic (exact) mass is 336 g/mol. The first-order valence-electron chi connectivity index (χ1n) is 7.55. The molecule has 6 heteroatoms. The second-order valence-electron chi connectivity index (χ2n) is 5.21. The zero-order chi connectivity index (χ0) is 17.8. The summed E-state index contributed by atoms with van der Waals surface area (Å²) in [5.41, 5.74) is 2.89. The van der Waals surface area contributed by atoms with Crippen molar-refractivity contribution < 1.29 is 19.1 Å². The molecule has 1 aromatic heterocycles. The predicted molar refractivity (Wildman–Crippen MR) is 91.7 cm³/mol. The molecule has 0 radical (unpaired) electrons. The molecule has 6 nitrogen and oxygen atoms in total. The van der Waals surface area contributed by atoms with Gasteiger partial charge in [-0.25, -0.2) is 14.6 Å². The fraction of sp³-hybridized carbons (Fsp3) is 0.105. The highest BCUT2D eigenvalue weighted by Crippen LogP contribution is 2.27.